The van der Waals surface area contributed by atoms with Crippen LogP contribution in [0.4, 0.5) is 0 Å². The molecule has 2 aliphatic carbocycles. The molecule has 2 unspecified atom stereocenters. The molecular formula is C20H23AlN2O6S3. The molecule has 2 heterocycles. The van der Waals surface area contributed by atoms with Crippen molar-refractivity contribution in [2.45, 2.75) is 33.1 Å². The van der Waals surface area contributed by atoms with Gasteiger partial charge in [0.05, 0.1) is 15.9 Å². The number of carbonyl (C=O) groups excluding carboxylic acids is 1. The Morgan fingerprint density at radius 1 is 1.03 bits per heavy atom. The van der Waals surface area contributed by atoms with Crippen LogP contribution in [0.1, 0.15) is 33.1 Å². The van der Waals surface area contributed by atoms with Gasteiger partial charge in [0.15, 0.2) is 0 Å². The second-order valence-corrected chi connectivity index (χ2v) is 10.3. The molecular weight excluding hydrogens is 487 g/mol. The first-order valence-electron chi connectivity index (χ1n) is 9.47. The smallest absolute Gasteiger partial charge is 0.805 e. The van der Waals surface area contributed by atoms with Crippen molar-refractivity contribution in [2.24, 2.45) is 16.7 Å². The number of ketones is 1. The quantitative estimate of drug-likeness (QED) is 0.340. The third-order valence-electron chi connectivity index (χ3n) is 6.14. The SMILES string of the molecule is CC1(C)C2CCC1(CS(=O)(=O)[O-])C(=O)C2.[Al+3].[O-]n1ccccc1=S.[O-]n1ccccc1=S. The van der Waals surface area contributed by atoms with Gasteiger partial charge in [-0.05, 0) is 60.8 Å². The van der Waals surface area contributed by atoms with Crippen molar-refractivity contribution in [2.75, 3.05) is 5.75 Å². The Morgan fingerprint density at radius 2 is 1.50 bits per heavy atom. The Balaban J connectivity index is 0.000000257. The molecule has 2 bridgehead atoms. The van der Waals surface area contributed by atoms with Gasteiger partial charge < -0.3 is 24.4 Å². The van der Waals surface area contributed by atoms with E-state index in [2.05, 4.69) is 24.4 Å². The number of carbonyl (C=O) groups is 1. The number of fused-ring (bicyclic) bond motifs is 2. The third kappa shape index (κ3) is 6.50. The van der Waals surface area contributed by atoms with Crippen LogP contribution >= 0.6 is 24.4 Å². The molecule has 0 saturated heterocycles. The fraction of sp³-hybridized carbons (Fsp3) is 0.450. The minimum atomic E-state index is -4.33. The van der Waals surface area contributed by atoms with Crippen molar-refractivity contribution in [3.05, 3.63) is 68.5 Å². The Labute approximate surface area is 208 Å². The molecule has 0 aliphatic heterocycles. The molecule has 32 heavy (non-hydrogen) atoms. The summed E-state index contributed by atoms with van der Waals surface area (Å²) >= 11 is 9.21. The molecule has 2 atom stereocenters. The standard InChI is InChI=1S/C10H16O4S.2C5H4NOS.Al/c1-9(2)7-3-4-10(9,8(11)5-7)6-15(12,13)14;2*7-6-4-2-1-3-5(6)8;/h7H,3-6H2,1-2H3,(H,12,13,14);2*1-4H;/q;2*-1;+3/p-1. The number of hydrogen-bond donors (Lipinski definition) is 0. The van der Waals surface area contributed by atoms with E-state index in [1.54, 1.807) is 36.4 Å². The zero-order valence-corrected chi connectivity index (χ0v) is 21.3. The summed E-state index contributed by atoms with van der Waals surface area (Å²) in [7, 11) is -4.33. The van der Waals surface area contributed by atoms with Crippen LogP contribution in [0.2, 0.25) is 0 Å². The van der Waals surface area contributed by atoms with Gasteiger partial charge in [-0.15, -0.1) is 0 Å². The van der Waals surface area contributed by atoms with E-state index in [1.807, 2.05) is 13.8 Å². The molecule has 0 amide bonds. The van der Waals surface area contributed by atoms with Crippen LogP contribution in [0.5, 0.6) is 0 Å². The van der Waals surface area contributed by atoms with Gasteiger partial charge in [0, 0.05) is 11.8 Å². The van der Waals surface area contributed by atoms with E-state index in [-0.39, 0.29) is 34.5 Å². The molecule has 12 heteroatoms. The van der Waals surface area contributed by atoms with Crippen molar-refractivity contribution < 1.29 is 17.8 Å². The molecule has 0 spiro atoms. The fourth-order valence-electron chi connectivity index (χ4n) is 4.24. The van der Waals surface area contributed by atoms with Crippen LogP contribution in [0.3, 0.4) is 0 Å². The largest absolute Gasteiger partial charge is 3.00 e. The monoisotopic (exact) mass is 510 g/mol. The number of Topliss-reactive ketones (excluding diaryl/α,β-unsaturated/α-hetero) is 1. The molecule has 170 valence electrons. The van der Waals surface area contributed by atoms with Crippen molar-refractivity contribution in [3.8, 4) is 0 Å². The van der Waals surface area contributed by atoms with E-state index in [9.17, 15) is 28.2 Å². The summed E-state index contributed by atoms with van der Waals surface area (Å²) in [5, 5.41) is 20.9. The summed E-state index contributed by atoms with van der Waals surface area (Å²) in [5.74, 6) is -0.280. The minimum absolute atomic E-state index is 0. The zero-order chi connectivity index (χ0) is 23.4. The van der Waals surface area contributed by atoms with E-state index in [0.717, 1.165) is 6.42 Å². The summed E-state index contributed by atoms with van der Waals surface area (Å²) in [6, 6.07) is 9.92. The second kappa shape index (κ2) is 11.0. The maximum absolute atomic E-state index is 11.8. The summed E-state index contributed by atoms with van der Waals surface area (Å²) < 4.78 is 34.6. The number of hydrogen-bond acceptors (Lipinski definition) is 8. The summed E-state index contributed by atoms with van der Waals surface area (Å²) in [5.41, 5.74) is -1.22. The molecule has 2 aromatic rings. The van der Waals surface area contributed by atoms with Gasteiger partial charge in [-0.1, -0.05) is 50.4 Å². The number of rotatable bonds is 2. The van der Waals surface area contributed by atoms with Gasteiger partial charge in [0.1, 0.15) is 15.1 Å². The van der Waals surface area contributed by atoms with Gasteiger partial charge in [-0.25, -0.2) is 8.42 Å². The van der Waals surface area contributed by atoms with Crippen LogP contribution < -0.4 is 0 Å². The zero-order valence-electron chi connectivity index (χ0n) is 17.7. The molecule has 2 aliphatic rings. The van der Waals surface area contributed by atoms with E-state index in [1.165, 1.54) is 12.4 Å². The van der Waals surface area contributed by atoms with E-state index >= 15 is 0 Å². The summed E-state index contributed by atoms with van der Waals surface area (Å²) in [6.45, 7) is 3.83. The first-order valence-corrected chi connectivity index (χ1v) is 11.9. The van der Waals surface area contributed by atoms with Crippen LogP contribution in [0.25, 0.3) is 0 Å². The van der Waals surface area contributed by atoms with Crippen LogP contribution in [0.15, 0.2) is 48.8 Å². The summed E-state index contributed by atoms with van der Waals surface area (Å²) in [4.78, 5) is 11.8. The van der Waals surface area contributed by atoms with Crippen molar-refractivity contribution in [1.29, 1.82) is 0 Å². The molecule has 0 aromatic carbocycles. The number of aromatic nitrogens is 2. The normalized spacial score (nSPS) is 22.6. The molecule has 2 saturated carbocycles. The van der Waals surface area contributed by atoms with Gasteiger partial charge in [-0.2, -0.15) is 0 Å². The van der Waals surface area contributed by atoms with Crippen LogP contribution in [0, 0.1) is 36.4 Å². The van der Waals surface area contributed by atoms with Crippen LogP contribution in [-0.4, -0.2) is 51.3 Å². The maximum atomic E-state index is 11.8. The topological polar surface area (TPSA) is 130 Å². The maximum Gasteiger partial charge on any atom is 3.00 e. The van der Waals surface area contributed by atoms with Crippen molar-refractivity contribution in [1.82, 2.24) is 9.46 Å². The van der Waals surface area contributed by atoms with Crippen molar-refractivity contribution in [3.63, 3.8) is 0 Å². The van der Waals surface area contributed by atoms with E-state index in [4.69, 9.17) is 0 Å². The predicted molar refractivity (Wildman–Crippen MR) is 127 cm³/mol. The van der Waals surface area contributed by atoms with Crippen molar-refractivity contribution >= 4 is 57.7 Å². The molecule has 2 fully saturated rings. The molecule has 0 N–H and O–H groups in total. The fourth-order valence-corrected chi connectivity index (χ4v) is 5.80. The Kier molecular flexibility index (Phi) is 9.84. The first kappa shape index (κ1) is 28.5. The molecule has 8 nitrogen and oxygen atoms in total. The van der Waals surface area contributed by atoms with Gasteiger partial charge >= 0.3 is 17.4 Å². The molecule has 2 aromatic heterocycles. The summed E-state index contributed by atoms with van der Waals surface area (Å²) in [6.07, 6.45) is 4.63. The first-order chi connectivity index (χ1) is 14.3. The Morgan fingerprint density at radius 3 is 1.75 bits per heavy atom. The molecule has 4 rings (SSSR count). The van der Waals surface area contributed by atoms with E-state index in [0.29, 0.717) is 31.6 Å². The van der Waals surface area contributed by atoms with Gasteiger partial charge in [0.25, 0.3) is 0 Å². The van der Waals surface area contributed by atoms with Gasteiger partial charge in [-0.3, -0.25) is 4.79 Å². The second-order valence-electron chi connectivity index (χ2n) is 8.10. The average Bonchev–Trinajstić information content (AvgIpc) is 3.01. The van der Waals surface area contributed by atoms with Gasteiger partial charge in [0.2, 0.25) is 0 Å². The number of nitrogens with zero attached hydrogens (tertiary/aromatic N) is 2. The van der Waals surface area contributed by atoms with E-state index < -0.39 is 21.3 Å². The number of pyridine rings is 2. The minimum Gasteiger partial charge on any atom is -0.805 e. The Hall–Kier alpha value is -1.55. The molecule has 0 radical (unpaired) electrons. The van der Waals surface area contributed by atoms with Crippen LogP contribution in [-0.2, 0) is 14.9 Å². The Bertz CT molecular complexity index is 1110. The average molecular weight is 511 g/mol. The third-order valence-corrected chi connectivity index (χ3v) is 7.62. The predicted octanol–water partition coefficient (Wildman–Crippen LogP) is 3.67.